The van der Waals surface area contributed by atoms with Crippen LogP contribution in [0.25, 0.3) is 11.4 Å². The molecule has 31 heavy (non-hydrogen) atoms. The summed E-state index contributed by atoms with van der Waals surface area (Å²) in [6.07, 6.45) is 0. The third-order valence-corrected chi connectivity index (χ3v) is 5.75. The van der Waals surface area contributed by atoms with Crippen molar-refractivity contribution in [2.24, 2.45) is 7.05 Å². The molecule has 0 atom stereocenters. The SMILES string of the molecule is CCN(CC)C(=O)c1cccc(NC(=O)CSc2nnc(-c3ccccc3F)n2C)c1. The summed E-state index contributed by atoms with van der Waals surface area (Å²) in [5, 5.41) is 11.4. The zero-order valence-corrected chi connectivity index (χ0v) is 18.4. The molecule has 2 aromatic carbocycles. The van der Waals surface area contributed by atoms with Crippen LogP contribution in [0, 0.1) is 5.82 Å². The molecule has 0 fully saturated rings. The Morgan fingerprint density at radius 1 is 1.10 bits per heavy atom. The van der Waals surface area contributed by atoms with Crippen molar-refractivity contribution in [1.82, 2.24) is 19.7 Å². The Kier molecular flexibility index (Phi) is 7.41. The predicted molar refractivity (Wildman–Crippen MR) is 119 cm³/mol. The van der Waals surface area contributed by atoms with Crippen molar-refractivity contribution in [3.05, 3.63) is 59.9 Å². The molecule has 0 radical (unpaired) electrons. The molecule has 0 saturated carbocycles. The molecular formula is C22H24FN5O2S. The zero-order chi connectivity index (χ0) is 22.4. The Bertz CT molecular complexity index is 1080. The highest BCUT2D eigenvalue weighted by Crippen LogP contribution is 2.24. The summed E-state index contributed by atoms with van der Waals surface area (Å²) >= 11 is 1.20. The topological polar surface area (TPSA) is 80.1 Å². The lowest BCUT2D eigenvalue weighted by Crippen LogP contribution is -2.30. The van der Waals surface area contributed by atoms with Gasteiger partial charge in [-0.25, -0.2) is 4.39 Å². The van der Waals surface area contributed by atoms with E-state index in [0.717, 1.165) is 0 Å². The number of aromatic nitrogens is 3. The number of halogens is 1. The van der Waals surface area contributed by atoms with E-state index in [4.69, 9.17) is 0 Å². The number of thioether (sulfide) groups is 1. The van der Waals surface area contributed by atoms with Gasteiger partial charge in [0.05, 0.1) is 11.3 Å². The van der Waals surface area contributed by atoms with Crippen molar-refractivity contribution >= 4 is 29.3 Å². The third kappa shape index (κ3) is 5.29. The number of carbonyl (C=O) groups excluding carboxylic acids is 2. The van der Waals surface area contributed by atoms with Gasteiger partial charge in [-0.05, 0) is 44.2 Å². The Morgan fingerprint density at radius 3 is 2.55 bits per heavy atom. The van der Waals surface area contributed by atoms with Gasteiger partial charge in [-0.1, -0.05) is 30.0 Å². The quantitative estimate of drug-likeness (QED) is 0.538. The fourth-order valence-corrected chi connectivity index (χ4v) is 3.78. The van der Waals surface area contributed by atoms with Gasteiger partial charge in [-0.15, -0.1) is 10.2 Å². The van der Waals surface area contributed by atoms with E-state index in [1.165, 1.54) is 17.8 Å². The highest BCUT2D eigenvalue weighted by molar-refractivity contribution is 7.99. The van der Waals surface area contributed by atoms with Gasteiger partial charge in [0.15, 0.2) is 11.0 Å². The van der Waals surface area contributed by atoms with Crippen LogP contribution in [0.4, 0.5) is 10.1 Å². The number of rotatable bonds is 8. The smallest absolute Gasteiger partial charge is 0.253 e. The summed E-state index contributed by atoms with van der Waals surface area (Å²) < 4.78 is 15.7. The van der Waals surface area contributed by atoms with Crippen molar-refractivity contribution in [3.63, 3.8) is 0 Å². The van der Waals surface area contributed by atoms with Crippen molar-refractivity contribution in [2.75, 3.05) is 24.2 Å². The first-order chi connectivity index (χ1) is 14.9. The maximum atomic E-state index is 14.0. The average molecular weight is 442 g/mol. The van der Waals surface area contributed by atoms with E-state index in [1.807, 2.05) is 13.8 Å². The molecule has 9 heteroatoms. The highest BCUT2D eigenvalue weighted by atomic mass is 32.2. The molecule has 0 aliphatic rings. The first-order valence-corrected chi connectivity index (χ1v) is 10.9. The van der Waals surface area contributed by atoms with Gasteiger partial charge in [0.2, 0.25) is 5.91 Å². The fraction of sp³-hybridized carbons (Fsp3) is 0.273. The van der Waals surface area contributed by atoms with Crippen LogP contribution in [0.5, 0.6) is 0 Å². The zero-order valence-electron chi connectivity index (χ0n) is 17.6. The molecular weight excluding hydrogens is 417 g/mol. The number of hydrogen-bond donors (Lipinski definition) is 1. The van der Waals surface area contributed by atoms with Crippen molar-refractivity contribution in [2.45, 2.75) is 19.0 Å². The Labute approximate surface area is 184 Å². The molecule has 0 spiro atoms. The van der Waals surface area contributed by atoms with Crippen LogP contribution in [0.1, 0.15) is 24.2 Å². The van der Waals surface area contributed by atoms with Crippen molar-refractivity contribution < 1.29 is 14.0 Å². The molecule has 3 aromatic rings. The molecule has 0 saturated heterocycles. The number of anilines is 1. The molecule has 7 nitrogen and oxygen atoms in total. The Morgan fingerprint density at radius 2 is 1.84 bits per heavy atom. The Hall–Kier alpha value is -3.20. The fourth-order valence-electron chi connectivity index (χ4n) is 3.07. The average Bonchev–Trinajstić information content (AvgIpc) is 3.13. The van der Waals surface area contributed by atoms with Crippen molar-refractivity contribution in [1.29, 1.82) is 0 Å². The maximum absolute atomic E-state index is 14.0. The normalized spacial score (nSPS) is 10.7. The second-order valence-corrected chi connectivity index (χ2v) is 7.68. The number of benzene rings is 2. The minimum Gasteiger partial charge on any atom is -0.339 e. The predicted octanol–water partition coefficient (Wildman–Crippen LogP) is 3.83. The summed E-state index contributed by atoms with van der Waals surface area (Å²) in [6, 6.07) is 13.2. The standard InChI is InChI=1S/C22H24FN5O2S/c1-4-28(5-2)21(30)15-9-8-10-16(13-15)24-19(29)14-31-22-26-25-20(27(22)3)17-11-6-7-12-18(17)23/h6-13H,4-5,14H2,1-3H3,(H,24,29). The van der Waals surface area contributed by atoms with E-state index in [0.29, 0.717) is 40.9 Å². The summed E-state index contributed by atoms with van der Waals surface area (Å²) in [5.74, 6) is -0.213. The summed E-state index contributed by atoms with van der Waals surface area (Å²) in [6.45, 7) is 5.09. The van der Waals surface area contributed by atoms with Gasteiger partial charge in [-0.3, -0.25) is 9.59 Å². The number of carbonyl (C=O) groups is 2. The van der Waals surface area contributed by atoms with Crippen molar-refractivity contribution in [3.8, 4) is 11.4 Å². The van der Waals surface area contributed by atoms with Gasteiger partial charge in [0.1, 0.15) is 5.82 Å². The molecule has 3 rings (SSSR count). The molecule has 1 aromatic heterocycles. The third-order valence-electron chi connectivity index (χ3n) is 4.73. The van der Waals surface area contributed by atoms with Gasteiger partial charge >= 0.3 is 0 Å². The summed E-state index contributed by atoms with van der Waals surface area (Å²) in [4.78, 5) is 26.6. The molecule has 162 valence electrons. The number of amides is 2. The minimum absolute atomic E-state index is 0.0739. The van der Waals surface area contributed by atoms with E-state index in [2.05, 4.69) is 15.5 Å². The lowest BCUT2D eigenvalue weighted by molar-refractivity contribution is -0.113. The monoisotopic (exact) mass is 441 g/mol. The largest absolute Gasteiger partial charge is 0.339 e. The van der Waals surface area contributed by atoms with Crippen LogP contribution in [-0.4, -0.2) is 50.3 Å². The number of nitrogens with zero attached hydrogens (tertiary/aromatic N) is 4. The van der Waals surface area contributed by atoms with Crippen LogP contribution in [0.15, 0.2) is 53.7 Å². The van der Waals surface area contributed by atoms with Gasteiger partial charge < -0.3 is 14.8 Å². The molecule has 0 aliphatic heterocycles. The second-order valence-electron chi connectivity index (χ2n) is 6.74. The van der Waals surface area contributed by atoms with Crippen LogP contribution < -0.4 is 5.32 Å². The molecule has 0 bridgehead atoms. The van der Waals surface area contributed by atoms with Gasteiger partial charge in [-0.2, -0.15) is 0 Å². The first kappa shape index (κ1) is 22.5. The van der Waals surface area contributed by atoms with Gasteiger partial charge in [0, 0.05) is 31.4 Å². The van der Waals surface area contributed by atoms with E-state index >= 15 is 0 Å². The summed E-state index contributed by atoms with van der Waals surface area (Å²) in [7, 11) is 1.73. The molecule has 1 N–H and O–H groups in total. The molecule has 2 amide bonds. The second kappa shape index (κ2) is 10.2. The van der Waals surface area contributed by atoms with Crippen LogP contribution in [-0.2, 0) is 11.8 Å². The molecule has 1 heterocycles. The molecule has 0 aliphatic carbocycles. The van der Waals surface area contributed by atoms with E-state index in [-0.39, 0.29) is 23.4 Å². The van der Waals surface area contributed by atoms with Crippen LogP contribution in [0.3, 0.4) is 0 Å². The van der Waals surface area contributed by atoms with E-state index in [9.17, 15) is 14.0 Å². The first-order valence-electron chi connectivity index (χ1n) is 9.90. The Balaban J connectivity index is 1.63. The highest BCUT2D eigenvalue weighted by Gasteiger charge is 2.16. The lowest BCUT2D eigenvalue weighted by atomic mass is 10.1. The maximum Gasteiger partial charge on any atom is 0.253 e. The van der Waals surface area contributed by atoms with Crippen LogP contribution in [0.2, 0.25) is 0 Å². The molecule has 0 unspecified atom stereocenters. The van der Waals surface area contributed by atoms with Crippen LogP contribution >= 0.6 is 11.8 Å². The number of hydrogen-bond acceptors (Lipinski definition) is 5. The summed E-state index contributed by atoms with van der Waals surface area (Å²) in [5.41, 5.74) is 1.43. The lowest BCUT2D eigenvalue weighted by Gasteiger charge is -2.19. The number of nitrogens with one attached hydrogen (secondary N) is 1. The minimum atomic E-state index is -0.383. The van der Waals surface area contributed by atoms with E-state index < -0.39 is 0 Å². The van der Waals surface area contributed by atoms with Gasteiger partial charge in [0.25, 0.3) is 5.91 Å². The van der Waals surface area contributed by atoms with E-state index in [1.54, 1.807) is 59.0 Å².